The molecule has 0 aliphatic carbocycles. The van der Waals surface area contributed by atoms with Crippen molar-refractivity contribution in [3.8, 4) is 5.75 Å². The number of amides is 2. The van der Waals surface area contributed by atoms with Crippen molar-refractivity contribution >= 4 is 23.2 Å². The summed E-state index contributed by atoms with van der Waals surface area (Å²) in [7, 11) is 0. The number of benzene rings is 2. The minimum atomic E-state index is -0.846. The third kappa shape index (κ3) is 4.53. The van der Waals surface area contributed by atoms with Crippen molar-refractivity contribution in [3.63, 3.8) is 0 Å². The van der Waals surface area contributed by atoms with Gasteiger partial charge in [0.1, 0.15) is 29.5 Å². The Morgan fingerprint density at radius 3 is 2.28 bits per heavy atom. The summed E-state index contributed by atoms with van der Waals surface area (Å²) in [4.78, 5) is 26.5. The Morgan fingerprint density at radius 1 is 1.00 bits per heavy atom. The summed E-state index contributed by atoms with van der Waals surface area (Å²) in [5.74, 6) is -2.90. The molecule has 32 heavy (non-hydrogen) atoms. The number of hydrogen-bond acceptors (Lipinski definition) is 5. The molecule has 1 saturated heterocycles. The number of anilines is 1. The topological polar surface area (TPSA) is 88.2 Å². The second-order valence-corrected chi connectivity index (χ2v) is 7.67. The van der Waals surface area contributed by atoms with Crippen LogP contribution in [0.5, 0.6) is 5.75 Å². The lowest BCUT2D eigenvalue weighted by Crippen LogP contribution is -2.45. The molecule has 4 rings (SSSR count). The van der Waals surface area contributed by atoms with E-state index in [0.717, 1.165) is 12.1 Å². The lowest BCUT2D eigenvalue weighted by Gasteiger charge is -2.32. The van der Waals surface area contributed by atoms with E-state index in [1.807, 2.05) is 0 Å². The summed E-state index contributed by atoms with van der Waals surface area (Å²) >= 11 is 0. The summed E-state index contributed by atoms with van der Waals surface area (Å²) in [6.45, 7) is 0.701. The zero-order valence-electron chi connectivity index (χ0n) is 17.0. The molecule has 0 saturated carbocycles. The third-order valence-corrected chi connectivity index (χ3v) is 5.49. The van der Waals surface area contributed by atoms with Crippen LogP contribution in [0.25, 0.3) is 0 Å². The number of halogens is 3. The Bertz CT molecular complexity index is 1050. The fraction of sp³-hybridized carbons (Fsp3) is 0.318. The minimum absolute atomic E-state index is 0.0319. The Labute approximate surface area is 182 Å². The zero-order chi connectivity index (χ0) is 22.8. The van der Waals surface area contributed by atoms with Crippen LogP contribution in [0.15, 0.2) is 47.6 Å². The van der Waals surface area contributed by atoms with E-state index in [0.29, 0.717) is 31.6 Å². The van der Waals surface area contributed by atoms with Crippen molar-refractivity contribution in [1.82, 2.24) is 4.90 Å². The van der Waals surface area contributed by atoms with E-state index >= 15 is 0 Å². The van der Waals surface area contributed by atoms with E-state index < -0.39 is 29.4 Å². The molecule has 168 valence electrons. The van der Waals surface area contributed by atoms with E-state index in [4.69, 9.17) is 10.5 Å². The first-order valence-corrected chi connectivity index (χ1v) is 10.1. The molecule has 1 atom stereocenters. The predicted molar refractivity (Wildman–Crippen MR) is 111 cm³/mol. The summed E-state index contributed by atoms with van der Waals surface area (Å²) in [5, 5.41) is 5.63. The number of likely N-dealkylation sites (tertiary alicyclic amines) is 1. The Hall–Kier alpha value is -3.56. The lowest BCUT2D eigenvalue weighted by molar-refractivity contribution is -0.125. The highest BCUT2D eigenvalue weighted by atomic mass is 19.1. The van der Waals surface area contributed by atoms with Crippen molar-refractivity contribution in [1.29, 1.82) is 0 Å². The van der Waals surface area contributed by atoms with Crippen LogP contribution in [0.2, 0.25) is 0 Å². The number of carbonyl (C=O) groups is 2. The SMILES string of the molecule is NC(=O)C1CC(C(=O)N2CCC(Oc3ccc(F)cc3F)CC2)=NN1c1ccc(F)cc1. The summed E-state index contributed by atoms with van der Waals surface area (Å²) in [5.41, 5.74) is 6.12. The van der Waals surface area contributed by atoms with Gasteiger partial charge in [0.25, 0.3) is 5.91 Å². The quantitative estimate of drug-likeness (QED) is 0.765. The fourth-order valence-corrected chi connectivity index (χ4v) is 3.80. The second kappa shape index (κ2) is 8.89. The maximum atomic E-state index is 13.8. The standard InChI is InChI=1S/C22H21F3N4O3/c23-13-1-4-15(5-2-13)29-19(21(26)30)12-18(27-29)22(31)28-9-7-16(8-10-28)32-20-6-3-14(24)11-17(20)25/h1-6,11,16,19H,7-10,12H2,(H2,26,30). The maximum Gasteiger partial charge on any atom is 0.270 e. The fourth-order valence-electron chi connectivity index (χ4n) is 3.80. The van der Waals surface area contributed by atoms with Gasteiger partial charge in [-0.1, -0.05) is 0 Å². The number of ether oxygens (including phenoxy) is 1. The molecule has 7 nitrogen and oxygen atoms in total. The average Bonchev–Trinajstić information content (AvgIpc) is 3.22. The number of piperidine rings is 1. The lowest BCUT2D eigenvalue weighted by atomic mass is 10.0. The molecule has 2 aliphatic heterocycles. The summed E-state index contributed by atoms with van der Waals surface area (Å²) in [6.07, 6.45) is 0.634. The highest BCUT2D eigenvalue weighted by Crippen LogP contribution is 2.27. The highest BCUT2D eigenvalue weighted by Gasteiger charge is 2.37. The molecule has 0 bridgehead atoms. The molecular weight excluding hydrogens is 425 g/mol. The van der Waals surface area contributed by atoms with Gasteiger partial charge in [-0.3, -0.25) is 14.6 Å². The van der Waals surface area contributed by atoms with Crippen LogP contribution in [-0.4, -0.2) is 47.7 Å². The molecular formula is C22H21F3N4O3. The van der Waals surface area contributed by atoms with E-state index in [-0.39, 0.29) is 29.9 Å². The van der Waals surface area contributed by atoms with Gasteiger partial charge in [0.15, 0.2) is 11.6 Å². The predicted octanol–water partition coefficient (Wildman–Crippen LogP) is 2.59. The van der Waals surface area contributed by atoms with Gasteiger partial charge in [0.2, 0.25) is 5.91 Å². The van der Waals surface area contributed by atoms with Crippen molar-refractivity contribution in [2.75, 3.05) is 18.1 Å². The Morgan fingerprint density at radius 2 is 1.66 bits per heavy atom. The summed E-state index contributed by atoms with van der Waals surface area (Å²) in [6, 6.07) is 7.66. The van der Waals surface area contributed by atoms with E-state index in [9.17, 15) is 22.8 Å². The van der Waals surface area contributed by atoms with E-state index in [2.05, 4.69) is 5.10 Å². The molecule has 0 spiro atoms. The molecule has 0 radical (unpaired) electrons. The van der Waals surface area contributed by atoms with Gasteiger partial charge in [-0.15, -0.1) is 0 Å². The third-order valence-electron chi connectivity index (χ3n) is 5.49. The van der Waals surface area contributed by atoms with Crippen LogP contribution in [0.4, 0.5) is 18.9 Å². The molecule has 2 heterocycles. The normalized spacial score (nSPS) is 19.1. The number of hydrogen-bond donors (Lipinski definition) is 1. The van der Waals surface area contributed by atoms with Crippen LogP contribution < -0.4 is 15.5 Å². The second-order valence-electron chi connectivity index (χ2n) is 7.67. The monoisotopic (exact) mass is 446 g/mol. The molecule has 2 aliphatic rings. The van der Waals surface area contributed by atoms with Crippen molar-refractivity contribution in [2.24, 2.45) is 10.8 Å². The van der Waals surface area contributed by atoms with Crippen LogP contribution in [-0.2, 0) is 9.59 Å². The molecule has 2 N–H and O–H groups in total. The first-order valence-electron chi connectivity index (χ1n) is 10.1. The number of hydrazone groups is 1. The van der Waals surface area contributed by atoms with Gasteiger partial charge >= 0.3 is 0 Å². The number of nitrogens with two attached hydrogens (primary N) is 1. The van der Waals surface area contributed by atoms with Crippen LogP contribution in [0.3, 0.4) is 0 Å². The van der Waals surface area contributed by atoms with Crippen LogP contribution >= 0.6 is 0 Å². The number of rotatable bonds is 5. The largest absolute Gasteiger partial charge is 0.487 e. The molecule has 10 heteroatoms. The van der Waals surface area contributed by atoms with Crippen LogP contribution in [0, 0.1) is 17.5 Å². The Kier molecular flexibility index (Phi) is 6.02. The maximum absolute atomic E-state index is 13.8. The number of carbonyl (C=O) groups excluding carboxylic acids is 2. The molecule has 0 aromatic heterocycles. The van der Waals surface area contributed by atoms with Crippen LogP contribution in [0.1, 0.15) is 19.3 Å². The zero-order valence-corrected chi connectivity index (χ0v) is 17.0. The Balaban J connectivity index is 1.40. The van der Waals surface area contributed by atoms with Crippen molar-refractivity contribution < 1.29 is 27.5 Å². The molecule has 2 amide bonds. The van der Waals surface area contributed by atoms with Gasteiger partial charge in [0.05, 0.1) is 5.69 Å². The first kappa shape index (κ1) is 21.7. The molecule has 1 unspecified atom stereocenters. The van der Waals surface area contributed by atoms with E-state index in [1.165, 1.54) is 35.3 Å². The van der Waals surface area contributed by atoms with Gasteiger partial charge in [-0.2, -0.15) is 5.10 Å². The molecule has 2 aromatic carbocycles. The minimum Gasteiger partial charge on any atom is -0.487 e. The molecule has 1 fully saturated rings. The number of nitrogens with zero attached hydrogens (tertiary/aromatic N) is 3. The van der Waals surface area contributed by atoms with E-state index in [1.54, 1.807) is 4.90 Å². The van der Waals surface area contributed by atoms with Gasteiger partial charge in [-0.05, 0) is 36.4 Å². The van der Waals surface area contributed by atoms with Gasteiger partial charge < -0.3 is 15.4 Å². The smallest absolute Gasteiger partial charge is 0.270 e. The van der Waals surface area contributed by atoms with Crippen molar-refractivity contribution in [2.45, 2.75) is 31.4 Å². The average molecular weight is 446 g/mol. The van der Waals surface area contributed by atoms with Crippen molar-refractivity contribution in [3.05, 3.63) is 59.9 Å². The van der Waals surface area contributed by atoms with Gasteiger partial charge in [0, 0.05) is 38.4 Å². The summed E-state index contributed by atoms with van der Waals surface area (Å²) < 4.78 is 45.7. The molecule has 2 aromatic rings. The van der Waals surface area contributed by atoms with Gasteiger partial charge in [-0.25, -0.2) is 13.2 Å². The first-order chi connectivity index (χ1) is 15.3. The number of primary amides is 1. The highest BCUT2D eigenvalue weighted by molar-refractivity contribution is 6.40.